The SMILES string of the molecule is [2H][C@H](c1cnc[nH]1)[C@]([2H])(NC(C)=O)C(=O)O. The molecule has 1 amide bonds. The molecule has 2 atom stereocenters. The summed E-state index contributed by atoms with van der Waals surface area (Å²) in [5.74, 6) is -2.29. The normalized spacial score (nSPS) is 18.6. The molecular weight excluding hydrogens is 186 g/mol. The van der Waals surface area contributed by atoms with Gasteiger partial charge in [-0.1, -0.05) is 0 Å². The number of hydrogen-bond donors (Lipinski definition) is 3. The molecule has 1 heterocycles. The molecule has 3 N–H and O–H groups in total. The number of carbonyl (C=O) groups is 2. The van der Waals surface area contributed by atoms with E-state index in [9.17, 15) is 9.59 Å². The van der Waals surface area contributed by atoms with Gasteiger partial charge in [-0.2, -0.15) is 0 Å². The number of carboxylic acids is 1. The van der Waals surface area contributed by atoms with Crippen LogP contribution in [0.5, 0.6) is 0 Å². The summed E-state index contributed by atoms with van der Waals surface area (Å²) in [5, 5.41) is 10.8. The molecule has 6 heteroatoms. The highest BCUT2D eigenvalue weighted by atomic mass is 16.4. The summed E-state index contributed by atoms with van der Waals surface area (Å²) in [6.45, 7) is 1.09. The van der Waals surface area contributed by atoms with Gasteiger partial charge in [0.25, 0.3) is 0 Å². The molecule has 0 aliphatic heterocycles. The van der Waals surface area contributed by atoms with Crippen LogP contribution in [0.4, 0.5) is 0 Å². The number of aromatic nitrogens is 2. The fourth-order valence-corrected chi connectivity index (χ4v) is 0.842. The van der Waals surface area contributed by atoms with Crippen LogP contribution in [0.2, 0.25) is 0 Å². The van der Waals surface area contributed by atoms with Gasteiger partial charge in [-0.3, -0.25) is 4.79 Å². The van der Waals surface area contributed by atoms with Crippen molar-refractivity contribution in [3.05, 3.63) is 18.2 Å². The van der Waals surface area contributed by atoms with E-state index in [2.05, 4.69) is 9.97 Å². The Balaban J connectivity index is 3.02. The lowest BCUT2D eigenvalue weighted by atomic mass is 10.1. The quantitative estimate of drug-likeness (QED) is 0.611. The van der Waals surface area contributed by atoms with E-state index in [0.717, 1.165) is 6.92 Å². The van der Waals surface area contributed by atoms with Crippen molar-refractivity contribution in [3.8, 4) is 0 Å². The summed E-state index contributed by atoms with van der Waals surface area (Å²) in [6.07, 6.45) is 1.02. The number of imidazole rings is 1. The minimum Gasteiger partial charge on any atom is -0.480 e. The average molecular weight is 199 g/mol. The van der Waals surface area contributed by atoms with Gasteiger partial charge in [0.05, 0.1) is 7.70 Å². The molecule has 0 aromatic carbocycles. The third kappa shape index (κ3) is 2.89. The monoisotopic (exact) mass is 199 g/mol. The molecule has 0 spiro atoms. The highest BCUT2D eigenvalue weighted by Crippen LogP contribution is 1.98. The first kappa shape index (κ1) is 7.54. The largest absolute Gasteiger partial charge is 0.480 e. The molecule has 1 aromatic heterocycles. The van der Waals surface area contributed by atoms with E-state index in [1.807, 2.05) is 5.32 Å². The minimum absolute atomic E-state index is 0.145. The third-order valence-corrected chi connectivity index (χ3v) is 1.36. The van der Waals surface area contributed by atoms with Crippen molar-refractivity contribution < 1.29 is 17.4 Å². The molecule has 0 unspecified atom stereocenters. The number of carboxylic acid groups (broad SMARTS) is 1. The van der Waals surface area contributed by atoms with Gasteiger partial charge < -0.3 is 15.4 Å². The van der Waals surface area contributed by atoms with Crippen LogP contribution < -0.4 is 5.32 Å². The van der Waals surface area contributed by atoms with E-state index >= 15 is 0 Å². The van der Waals surface area contributed by atoms with Gasteiger partial charge in [0, 0.05) is 26.6 Å². The van der Waals surface area contributed by atoms with E-state index < -0.39 is 24.3 Å². The summed E-state index contributed by atoms with van der Waals surface area (Å²) in [5.41, 5.74) is 0.145. The third-order valence-electron chi connectivity index (χ3n) is 1.36. The number of carbonyl (C=O) groups excluding carboxylic acids is 1. The first-order chi connectivity index (χ1) is 7.38. The molecule has 0 fully saturated rings. The zero-order chi connectivity index (χ0) is 12.3. The predicted octanol–water partition coefficient (Wildman–Crippen LogP) is -0.459. The number of amides is 1. The Morgan fingerprint density at radius 1 is 1.93 bits per heavy atom. The van der Waals surface area contributed by atoms with E-state index in [1.165, 1.54) is 12.5 Å². The number of hydrogen-bond acceptors (Lipinski definition) is 3. The molecular formula is C8H11N3O3. The number of H-pyrrole nitrogens is 1. The topological polar surface area (TPSA) is 95.1 Å². The Bertz CT molecular complexity index is 395. The van der Waals surface area contributed by atoms with Gasteiger partial charge in [0.1, 0.15) is 6.02 Å². The van der Waals surface area contributed by atoms with Crippen molar-refractivity contribution in [2.75, 3.05) is 0 Å². The standard InChI is InChI=1S/C8H11N3O3/c1-5(12)11-7(8(13)14)2-6-3-9-4-10-6/h3-4,7H,2H2,1H3,(H,9,10)(H,11,12)(H,13,14)/t7-/m0/s1/i2D,7D/t2-,7+/m1. The van der Waals surface area contributed by atoms with E-state index in [0.29, 0.717) is 0 Å². The first-order valence-electron chi connectivity index (χ1n) is 4.88. The summed E-state index contributed by atoms with van der Waals surface area (Å²) in [6, 6.07) is -2.43. The van der Waals surface area contributed by atoms with Gasteiger partial charge in [-0.15, -0.1) is 0 Å². The number of aromatic amines is 1. The van der Waals surface area contributed by atoms with Crippen molar-refractivity contribution in [2.24, 2.45) is 0 Å². The second-order valence-corrected chi connectivity index (χ2v) is 2.55. The van der Waals surface area contributed by atoms with Crippen LogP contribution in [-0.4, -0.2) is 33.0 Å². The second-order valence-electron chi connectivity index (χ2n) is 2.55. The van der Waals surface area contributed by atoms with Crippen LogP contribution in [0.3, 0.4) is 0 Å². The molecule has 0 bridgehead atoms. The molecule has 0 saturated heterocycles. The first-order valence-corrected chi connectivity index (χ1v) is 3.80. The molecule has 14 heavy (non-hydrogen) atoms. The summed E-state index contributed by atoms with van der Waals surface area (Å²) < 4.78 is 15.3. The van der Waals surface area contributed by atoms with Crippen LogP contribution in [0, 0.1) is 0 Å². The summed E-state index contributed by atoms with van der Waals surface area (Å²) in [4.78, 5) is 27.9. The zero-order valence-electron chi connectivity index (χ0n) is 9.44. The molecule has 1 rings (SSSR count). The van der Waals surface area contributed by atoms with Gasteiger partial charge in [0.15, 0.2) is 0 Å². The number of rotatable bonds is 4. The Labute approximate surface area is 83.2 Å². The molecule has 0 aliphatic rings. The molecule has 6 nitrogen and oxygen atoms in total. The summed E-state index contributed by atoms with van der Waals surface area (Å²) >= 11 is 0. The lowest BCUT2D eigenvalue weighted by molar-refractivity contribution is -0.141. The number of nitrogens with zero attached hydrogens (tertiary/aromatic N) is 1. The van der Waals surface area contributed by atoms with Crippen molar-refractivity contribution in [3.63, 3.8) is 0 Å². The van der Waals surface area contributed by atoms with Crippen LogP contribution in [0.15, 0.2) is 12.5 Å². The van der Waals surface area contributed by atoms with Crippen LogP contribution in [0.25, 0.3) is 0 Å². The molecule has 0 radical (unpaired) electrons. The van der Waals surface area contributed by atoms with E-state index in [1.54, 1.807) is 0 Å². The molecule has 1 aromatic rings. The van der Waals surface area contributed by atoms with E-state index in [4.69, 9.17) is 7.85 Å². The van der Waals surface area contributed by atoms with Crippen molar-refractivity contribution in [1.29, 1.82) is 0 Å². The molecule has 0 saturated carbocycles. The zero-order valence-corrected chi connectivity index (χ0v) is 7.44. The fourth-order valence-electron chi connectivity index (χ4n) is 0.842. The molecule has 0 aliphatic carbocycles. The fraction of sp³-hybridized carbons (Fsp3) is 0.375. The highest BCUT2D eigenvalue weighted by Gasteiger charge is 2.18. The van der Waals surface area contributed by atoms with Crippen molar-refractivity contribution >= 4 is 11.9 Å². The summed E-state index contributed by atoms with van der Waals surface area (Å²) in [7, 11) is 0. The highest BCUT2D eigenvalue weighted by molar-refractivity contribution is 5.82. The van der Waals surface area contributed by atoms with Crippen molar-refractivity contribution in [1.82, 2.24) is 15.3 Å². The van der Waals surface area contributed by atoms with Crippen LogP contribution >= 0.6 is 0 Å². The van der Waals surface area contributed by atoms with Crippen LogP contribution in [0.1, 0.15) is 15.4 Å². The maximum atomic E-state index is 10.9. The minimum atomic E-state index is -2.43. The van der Waals surface area contributed by atoms with Gasteiger partial charge in [-0.05, 0) is 0 Å². The Kier molecular flexibility index (Phi) is 2.37. The lowest BCUT2D eigenvalue weighted by Gasteiger charge is -2.11. The van der Waals surface area contributed by atoms with E-state index in [-0.39, 0.29) is 5.69 Å². The smallest absolute Gasteiger partial charge is 0.326 e. The average Bonchev–Trinajstić information content (AvgIpc) is 2.67. The Hall–Kier alpha value is -1.85. The molecule has 76 valence electrons. The lowest BCUT2D eigenvalue weighted by Crippen LogP contribution is -2.41. The van der Waals surface area contributed by atoms with Gasteiger partial charge in [0.2, 0.25) is 5.91 Å². The van der Waals surface area contributed by atoms with Crippen molar-refractivity contribution in [2.45, 2.75) is 19.3 Å². The van der Waals surface area contributed by atoms with Gasteiger partial charge in [-0.25, -0.2) is 9.78 Å². The Morgan fingerprint density at radius 2 is 2.64 bits per heavy atom. The maximum absolute atomic E-state index is 10.9. The van der Waals surface area contributed by atoms with Crippen LogP contribution in [-0.2, 0) is 16.0 Å². The Morgan fingerprint density at radius 3 is 3.07 bits per heavy atom. The second kappa shape index (κ2) is 4.40. The van der Waals surface area contributed by atoms with Gasteiger partial charge >= 0.3 is 5.97 Å². The number of nitrogens with one attached hydrogen (secondary N) is 2. The predicted molar refractivity (Wildman–Crippen MR) is 47.5 cm³/mol. The number of aliphatic carboxylic acids is 1. The maximum Gasteiger partial charge on any atom is 0.326 e.